The molecule has 0 bridgehead atoms. The highest BCUT2D eigenvalue weighted by Crippen LogP contribution is 2.37. The van der Waals surface area contributed by atoms with Crippen molar-refractivity contribution in [1.29, 1.82) is 0 Å². The van der Waals surface area contributed by atoms with Gasteiger partial charge < -0.3 is 9.64 Å². The fourth-order valence-corrected chi connectivity index (χ4v) is 5.21. The van der Waals surface area contributed by atoms with Gasteiger partial charge in [0.05, 0.1) is 17.7 Å². The molecule has 1 unspecified atom stereocenters. The third-order valence-corrected chi connectivity index (χ3v) is 7.16. The fourth-order valence-electron chi connectivity index (χ4n) is 4.79. The molecule has 1 aromatic rings. The number of likely N-dealkylation sites (tertiary alicyclic amines) is 1. The SMILES string of the molecule is CCCCCCCCCC(OC(C)(C)[C@@H]1CCC(=O)N1Cc1cncc(Br)c1)C(C)(C)C. The average Bonchev–Trinajstić information content (AvgIpc) is 3.07. The van der Waals surface area contributed by atoms with E-state index in [1.165, 1.54) is 44.9 Å². The Balaban J connectivity index is 2.00. The summed E-state index contributed by atoms with van der Waals surface area (Å²) in [6, 6.07) is 2.12. The quantitative estimate of drug-likeness (QED) is 0.256. The van der Waals surface area contributed by atoms with Gasteiger partial charge >= 0.3 is 0 Å². The first-order chi connectivity index (χ1) is 15.0. The van der Waals surface area contributed by atoms with Crippen LogP contribution < -0.4 is 0 Å². The highest BCUT2D eigenvalue weighted by Gasteiger charge is 2.44. The molecular weight excluding hydrogens is 464 g/mol. The minimum absolute atomic E-state index is 0.0706. The molecule has 0 aromatic carbocycles. The van der Waals surface area contributed by atoms with Crippen LogP contribution in [-0.2, 0) is 16.1 Å². The van der Waals surface area contributed by atoms with Crippen LogP contribution in [0.3, 0.4) is 0 Å². The van der Waals surface area contributed by atoms with E-state index in [2.05, 4.69) is 62.5 Å². The van der Waals surface area contributed by atoms with Gasteiger partial charge in [-0.25, -0.2) is 0 Å². The van der Waals surface area contributed by atoms with Crippen LogP contribution in [0.2, 0.25) is 0 Å². The maximum atomic E-state index is 12.8. The van der Waals surface area contributed by atoms with Crippen LogP contribution in [0.15, 0.2) is 22.9 Å². The van der Waals surface area contributed by atoms with Crippen molar-refractivity contribution >= 4 is 21.8 Å². The highest BCUT2D eigenvalue weighted by molar-refractivity contribution is 9.10. The van der Waals surface area contributed by atoms with E-state index in [0.717, 1.165) is 22.9 Å². The first-order valence-electron chi connectivity index (χ1n) is 12.6. The smallest absolute Gasteiger partial charge is 0.223 e. The standard InChI is InChI=1S/C27H45BrN2O2/c1-7-8-9-10-11-12-13-14-24(26(2,3)4)32-27(5,6)23-15-16-25(31)30(23)20-21-17-22(28)19-29-18-21/h17-19,23-24H,7-16,20H2,1-6H3/t23-,24?/m0/s1. The third kappa shape index (κ3) is 8.44. The van der Waals surface area contributed by atoms with Crippen molar-refractivity contribution in [2.24, 2.45) is 5.41 Å². The molecular formula is C27H45BrN2O2. The minimum Gasteiger partial charge on any atom is -0.370 e. The molecule has 2 heterocycles. The summed E-state index contributed by atoms with van der Waals surface area (Å²) >= 11 is 3.49. The lowest BCUT2D eigenvalue weighted by Crippen LogP contribution is -2.51. The van der Waals surface area contributed by atoms with E-state index >= 15 is 0 Å². The lowest BCUT2D eigenvalue weighted by atomic mass is 9.84. The van der Waals surface area contributed by atoms with Gasteiger partial charge in [0.25, 0.3) is 0 Å². The van der Waals surface area contributed by atoms with E-state index < -0.39 is 5.60 Å². The molecule has 0 saturated carbocycles. The minimum atomic E-state index is -0.398. The lowest BCUT2D eigenvalue weighted by Gasteiger charge is -2.43. The zero-order valence-electron chi connectivity index (χ0n) is 21.3. The summed E-state index contributed by atoms with van der Waals surface area (Å²) in [6.45, 7) is 14.0. The molecule has 1 fully saturated rings. The summed E-state index contributed by atoms with van der Waals surface area (Å²) in [5.74, 6) is 0.214. The molecule has 2 atom stereocenters. The van der Waals surface area contributed by atoms with E-state index in [0.29, 0.717) is 13.0 Å². The van der Waals surface area contributed by atoms with Crippen molar-refractivity contribution in [3.8, 4) is 0 Å². The Morgan fingerprint density at radius 1 is 1.09 bits per heavy atom. The topological polar surface area (TPSA) is 42.4 Å². The normalized spacial score (nSPS) is 18.4. The van der Waals surface area contributed by atoms with Gasteiger partial charge in [-0.3, -0.25) is 9.78 Å². The second kappa shape index (κ2) is 12.5. The van der Waals surface area contributed by atoms with Gasteiger partial charge in [-0.2, -0.15) is 0 Å². The van der Waals surface area contributed by atoms with Crippen molar-refractivity contribution in [1.82, 2.24) is 9.88 Å². The van der Waals surface area contributed by atoms with Crippen LogP contribution in [0.5, 0.6) is 0 Å². The predicted molar refractivity (Wildman–Crippen MR) is 137 cm³/mol. The largest absolute Gasteiger partial charge is 0.370 e. The molecule has 182 valence electrons. The van der Waals surface area contributed by atoms with Gasteiger partial charge in [0.2, 0.25) is 5.91 Å². The third-order valence-electron chi connectivity index (χ3n) is 6.73. The summed E-state index contributed by atoms with van der Waals surface area (Å²) in [5.41, 5.74) is 0.720. The number of halogens is 1. The number of pyridine rings is 1. The Hall–Kier alpha value is -0.940. The highest BCUT2D eigenvalue weighted by atomic mass is 79.9. The number of carbonyl (C=O) groups excluding carboxylic acids is 1. The fraction of sp³-hybridized carbons (Fsp3) is 0.778. The molecule has 32 heavy (non-hydrogen) atoms. The van der Waals surface area contributed by atoms with Crippen molar-refractivity contribution < 1.29 is 9.53 Å². The van der Waals surface area contributed by atoms with Crippen LogP contribution in [0, 0.1) is 5.41 Å². The number of nitrogens with zero attached hydrogens (tertiary/aromatic N) is 2. The predicted octanol–water partition coefficient (Wildman–Crippen LogP) is 7.69. The number of hydrogen-bond donors (Lipinski definition) is 0. The number of amides is 1. The maximum absolute atomic E-state index is 12.8. The van der Waals surface area contributed by atoms with Gasteiger partial charge in [-0.15, -0.1) is 0 Å². The van der Waals surface area contributed by atoms with Crippen molar-refractivity contribution in [3.63, 3.8) is 0 Å². The maximum Gasteiger partial charge on any atom is 0.223 e. The van der Waals surface area contributed by atoms with Crippen LogP contribution in [0.1, 0.15) is 111 Å². The van der Waals surface area contributed by atoms with Crippen molar-refractivity contribution in [3.05, 3.63) is 28.5 Å². The number of rotatable bonds is 13. The van der Waals surface area contributed by atoms with E-state index in [1.54, 1.807) is 6.20 Å². The zero-order chi connectivity index (χ0) is 23.8. The van der Waals surface area contributed by atoms with Gasteiger partial charge in [0.1, 0.15) is 0 Å². The Morgan fingerprint density at radius 3 is 2.38 bits per heavy atom. The molecule has 1 amide bonds. The molecule has 1 aromatic heterocycles. The summed E-state index contributed by atoms with van der Waals surface area (Å²) < 4.78 is 7.79. The second-order valence-electron chi connectivity index (χ2n) is 11.1. The molecule has 1 aliphatic heterocycles. The number of unbranched alkanes of at least 4 members (excludes halogenated alkanes) is 6. The average molecular weight is 510 g/mol. The molecule has 0 aliphatic carbocycles. The lowest BCUT2D eigenvalue weighted by molar-refractivity contribution is -0.156. The number of aromatic nitrogens is 1. The Labute approximate surface area is 205 Å². The van der Waals surface area contributed by atoms with Crippen molar-refractivity contribution in [2.45, 2.75) is 130 Å². The summed E-state index contributed by atoms with van der Waals surface area (Å²) in [4.78, 5) is 19.0. The van der Waals surface area contributed by atoms with Crippen LogP contribution in [0.4, 0.5) is 0 Å². The van der Waals surface area contributed by atoms with Gasteiger partial charge in [0, 0.05) is 29.8 Å². The Kier molecular flexibility index (Phi) is 10.7. The monoisotopic (exact) mass is 508 g/mol. The van der Waals surface area contributed by atoms with E-state index in [9.17, 15) is 4.79 Å². The molecule has 4 nitrogen and oxygen atoms in total. The first-order valence-corrected chi connectivity index (χ1v) is 13.4. The molecule has 2 rings (SSSR count). The second-order valence-corrected chi connectivity index (χ2v) is 12.0. The van der Waals surface area contributed by atoms with Gasteiger partial charge in [0.15, 0.2) is 0 Å². The van der Waals surface area contributed by atoms with E-state index in [1.807, 2.05) is 17.2 Å². The summed E-state index contributed by atoms with van der Waals surface area (Å²) in [6.07, 6.45) is 15.5. The van der Waals surface area contributed by atoms with E-state index in [-0.39, 0.29) is 23.5 Å². The van der Waals surface area contributed by atoms with Gasteiger partial charge in [-0.1, -0.05) is 72.6 Å². The molecule has 0 radical (unpaired) electrons. The molecule has 1 saturated heterocycles. The molecule has 0 spiro atoms. The molecule has 5 heteroatoms. The Morgan fingerprint density at radius 2 is 1.75 bits per heavy atom. The molecule has 1 aliphatic rings. The van der Waals surface area contributed by atoms with E-state index in [4.69, 9.17) is 4.74 Å². The number of carbonyl (C=O) groups is 1. The number of ether oxygens (including phenoxy) is 1. The summed E-state index contributed by atoms with van der Waals surface area (Å²) in [5, 5.41) is 0. The Bertz CT molecular complexity index is 714. The van der Waals surface area contributed by atoms with Crippen LogP contribution in [-0.4, -0.2) is 33.5 Å². The zero-order valence-corrected chi connectivity index (χ0v) is 22.8. The first kappa shape index (κ1) is 27.3. The van der Waals surface area contributed by atoms with Crippen LogP contribution >= 0.6 is 15.9 Å². The van der Waals surface area contributed by atoms with Crippen LogP contribution in [0.25, 0.3) is 0 Å². The molecule has 0 N–H and O–H groups in total. The number of hydrogen-bond acceptors (Lipinski definition) is 3. The van der Waals surface area contributed by atoms with Gasteiger partial charge in [-0.05, 0) is 59.7 Å². The summed E-state index contributed by atoms with van der Waals surface area (Å²) in [7, 11) is 0. The van der Waals surface area contributed by atoms with Crippen molar-refractivity contribution in [2.75, 3.05) is 0 Å².